The van der Waals surface area contributed by atoms with Gasteiger partial charge in [0, 0.05) is 31.4 Å². The van der Waals surface area contributed by atoms with Crippen LogP contribution in [0.4, 0.5) is 5.69 Å². The molecule has 0 unspecified atom stereocenters. The fraction of sp³-hybridized carbons (Fsp3) is 0.571. The maximum Gasteiger partial charge on any atom is 0.414 e. The van der Waals surface area contributed by atoms with Crippen molar-refractivity contribution >= 4 is 17.6 Å². The number of rotatable bonds is 7. The van der Waals surface area contributed by atoms with Gasteiger partial charge in [0.2, 0.25) is 0 Å². The highest BCUT2D eigenvalue weighted by Crippen LogP contribution is 2.22. The summed E-state index contributed by atoms with van der Waals surface area (Å²) in [6, 6.07) is 9.33. The van der Waals surface area contributed by atoms with Crippen molar-refractivity contribution in [1.29, 1.82) is 5.26 Å². The van der Waals surface area contributed by atoms with E-state index in [-0.39, 0.29) is 6.10 Å². The molecular formula is C21H31N3O5. The molecular weight excluding hydrogens is 374 g/mol. The number of hydrogen-bond donors (Lipinski definition) is 4. The van der Waals surface area contributed by atoms with Crippen LogP contribution in [0.2, 0.25) is 0 Å². The van der Waals surface area contributed by atoms with Gasteiger partial charge in [-0.15, -0.1) is 0 Å². The number of nitrogens with one attached hydrogen (secondary N) is 1. The molecule has 1 saturated carbocycles. The van der Waals surface area contributed by atoms with Crippen LogP contribution in [-0.4, -0.2) is 52.5 Å². The number of nitriles is 1. The van der Waals surface area contributed by atoms with Crippen molar-refractivity contribution in [2.45, 2.75) is 64.6 Å². The quantitative estimate of drug-likeness (QED) is 0.508. The van der Waals surface area contributed by atoms with E-state index in [1.54, 1.807) is 0 Å². The zero-order valence-corrected chi connectivity index (χ0v) is 17.1. The normalized spacial score (nSPS) is 18.1. The number of hydrogen-bond acceptors (Lipinski definition) is 6. The molecule has 2 rings (SSSR count). The maximum absolute atomic E-state index is 9.57. The number of carboxylic acids is 2. The Morgan fingerprint density at radius 3 is 2.31 bits per heavy atom. The smallest absolute Gasteiger partial charge is 0.414 e. The van der Waals surface area contributed by atoms with E-state index in [1.807, 2.05) is 0 Å². The standard InChI is InChI=1S/C19H29N3O.C2H2O4/c1-3-22(12-4-11-20)18-8-5-16(15(2)13-18)14-21-17-6-9-19(23)10-7-17;3-1(4)2(5)6/h5,8,13,17,19,21,23H,3-4,6-7,9-10,12,14H2,1-2H3;(H,3,4)(H,5,6). The summed E-state index contributed by atoms with van der Waals surface area (Å²) < 4.78 is 0. The molecule has 0 aromatic heterocycles. The molecule has 160 valence electrons. The molecule has 0 spiro atoms. The van der Waals surface area contributed by atoms with Crippen molar-refractivity contribution in [2.75, 3.05) is 18.0 Å². The largest absolute Gasteiger partial charge is 0.473 e. The Balaban J connectivity index is 0.000000612. The number of aliphatic hydroxyl groups is 1. The van der Waals surface area contributed by atoms with Gasteiger partial charge in [-0.1, -0.05) is 6.07 Å². The first-order valence-corrected chi connectivity index (χ1v) is 9.87. The number of nitrogens with zero attached hydrogens (tertiary/aromatic N) is 2. The summed E-state index contributed by atoms with van der Waals surface area (Å²) in [7, 11) is 0. The fourth-order valence-corrected chi connectivity index (χ4v) is 3.26. The molecule has 0 heterocycles. The van der Waals surface area contributed by atoms with Crippen LogP contribution in [0.15, 0.2) is 18.2 Å². The molecule has 4 N–H and O–H groups in total. The van der Waals surface area contributed by atoms with Gasteiger partial charge in [-0.2, -0.15) is 5.26 Å². The minimum absolute atomic E-state index is 0.0949. The lowest BCUT2D eigenvalue weighted by molar-refractivity contribution is -0.159. The molecule has 0 amide bonds. The Morgan fingerprint density at radius 1 is 1.21 bits per heavy atom. The second-order valence-electron chi connectivity index (χ2n) is 7.10. The molecule has 8 heteroatoms. The number of benzene rings is 1. The monoisotopic (exact) mass is 405 g/mol. The van der Waals surface area contributed by atoms with Crippen molar-refractivity contribution in [2.24, 2.45) is 0 Å². The highest BCUT2D eigenvalue weighted by molar-refractivity contribution is 6.27. The van der Waals surface area contributed by atoms with Gasteiger partial charge in [0.1, 0.15) is 0 Å². The van der Waals surface area contributed by atoms with E-state index < -0.39 is 11.9 Å². The SMILES string of the molecule is CCN(CCC#N)c1ccc(CNC2CCC(O)CC2)c(C)c1.O=C(O)C(=O)O. The van der Waals surface area contributed by atoms with E-state index in [0.29, 0.717) is 12.5 Å². The van der Waals surface area contributed by atoms with Crippen molar-refractivity contribution in [3.8, 4) is 6.07 Å². The Bertz CT molecular complexity index is 697. The van der Waals surface area contributed by atoms with E-state index in [0.717, 1.165) is 45.3 Å². The Hall–Kier alpha value is -2.63. The van der Waals surface area contributed by atoms with E-state index >= 15 is 0 Å². The van der Waals surface area contributed by atoms with Gasteiger partial charge in [0.05, 0.1) is 18.6 Å². The molecule has 1 aliphatic carbocycles. The van der Waals surface area contributed by atoms with Gasteiger partial charge in [-0.25, -0.2) is 9.59 Å². The highest BCUT2D eigenvalue weighted by Gasteiger charge is 2.18. The number of aryl methyl sites for hydroxylation is 1. The Morgan fingerprint density at radius 2 is 1.83 bits per heavy atom. The molecule has 1 aromatic rings. The van der Waals surface area contributed by atoms with Crippen molar-refractivity contribution in [1.82, 2.24) is 5.32 Å². The highest BCUT2D eigenvalue weighted by atomic mass is 16.4. The molecule has 1 fully saturated rings. The number of aliphatic hydroxyl groups excluding tert-OH is 1. The lowest BCUT2D eigenvalue weighted by Gasteiger charge is -2.27. The predicted octanol–water partition coefficient (Wildman–Crippen LogP) is 2.28. The second kappa shape index (κ2) is 12.8. The van der Waals surface area contributed by atoms with Crippen LogP contribution in [0.25, 0.3) is 0 Å². The van der Waals surface area contributed by atoms with Crippen LogP contribution < -0.4 is 10.2 Å². The van der Waals surface area contributed by atoms with Gasteiger partial charge in [0.25, 0.3) is 0 Å². The van der Waals surface area contributed by atoms with Gasteiger partial charge < -0.3 is 25.5 Å². The van der Waals surface area contributed by atoms with Gasteiger partial charge in [-0.05, 0) is 62.8 Å². The van der Waals surface area contributed by atoms with E-state index in [2.05, 4.69) is 48.3 Å². The second-order valence-corrected chi connectivity index (χ2v) is 7.10. The third kappa shape index (κ3) is 8.94. The molecule has 29 heavy (non-hydrogen) atoms. The number of carboxylic acid groups (broad SMARTS) is 2. The molecule has 8 nitrogen and oxygen atoms in total. The topological polar surface area (TPSA) is 134 Å². The van der Waals surface area contributed by atoms with Gasteiger partial charge in [-0.3, -0.25) is 0 Å². The molecule has 1 aliphatic rings. The zero-order valence-electron chi connectivity index (χ0n) is 17.1. The lowest BCUT2D eigenvalue weighted by atomic mass is 9.93. The Kier molecular flexibility index (Phi) is 10.7. The summed E-state index contributed by atoms with van der Waals surface area (Å²) in [6.45, 7) is 6.87. The van der Waals surface area contributed by atoms with E-state index in [4.69, 9.17) is 25.1 Å². The van der Waals surface area contributed by atoms with Gasteiger partial charge in [0.15, 0.2) is 0 Å². The average Bonchev–Trinajstić information content (AvgIpc) is 2.69. The summed E-state index contributed by atoms with van der Waals surface area (Å²) in [4.78, 5) is 20.4. The third-order valence-corrected chi connectivity index (χ3v) is 5.03. The number of aliphatic carboxylic acids is 2. The minimum atomic E-state index is -1.82. The van der Waals surface area contributed by atoms with Crippen LogP contribution >= 0.6 is 0 Å². The minimum Gasteiger partial charge on any atom is -0.473 e. The molecule has 0 radical (unpaired) electrons. The first-order chi connectivity index (χ1) is 13.8. The molecule has 0 bridgehead atoms. The maximum atomic E-state index is 9.57. The lowest BCUT2D eigenvalue weighted by Crippen LogP contribution is -2.34. The molecule has 0 saturated heterocycles. The van der Waals surface area contributed by atoms with Crippen LogP contribution in [-0.2, 0) is 16.1 Å². The first-order valence-electron chi connectivity index (χ1n) is 9.87. The van der Waals surface area contributed by atoms with Crippen molar-refractivity contribution in [3.63, 3.8) is 0 Å². The molecule has 1 aromatic carbocycles. The van der Waals surface area contributed by atoms with Crippen LogP contribution in [0.5, 0.6) is 0 Å². The van der Waals surface area contributed by atoms with Crippen LogP contribution in [0, 0.1) is 18.3 Å². The summed E-state index contributed by atoms with van der Waals surface area (Å²) in [5, 5.41) is 36.7. The van der Waals surface area contributed by atoms with Crippen molar-refractivity contribution < 1.29 is 24.9 Å². The van der Waals surface area contributed by atoms with Crippen LogP contribution in [0.3, 0.4) is 0 Å². The van der Waals surface area contributed by atoms with Crippen LogP contribution in [0.1, 0.15) is 50.2 Å². The number of anilines is 1. The first kappa shape index (κ1) is 24.4. The zero-order chi connectivity index (χ0) is 21.8. The third-order valence-electron chi connectivity index (χ3n) is 5.03. The predicted molar refractivity (Wildman–Crippen MR) is 110 cm³/mol. The van der Waals surface area contributed by atoms with Crippen molar-refractivity contribution in [3.05, 3.63) is 29.3 Å². The molecule has 0 atom stereocenters. The summed E-state index contributed by atoms with van der Waals surface area (Å²) in [5.74, 6) is -3.65. The van der Waals surface area contributed by atoms with Gasteiger partial charge >= 0.3 is 11.9 Å². The fourth-order valence-electron chi connectivity index (χ4n) is 3.26. The summed E-state index contributed by atoms with van der Waals surface area (Å²) in [5.41, 5.74) is 3.82. The summed E-state index contributed by atoms with van der Waals surface area (Å²) >= 11 is 0. The number of carbonyl (C=O) groups is 2. The Labute approximate surface area is 171 Å². The van der Waals surface area contributed by atoms with E-state index in [9.17, 15) is 5.11 Å². The summed E-state index contributed by atoms with van der Waals surface area (Å²) in [6.07, 6.45) is 4.43. The average molecular weight is 405 g/mol. The molecule has 0 aliphatic heterocycles. The van der Waals surface area contributed by atoms with E-state index in [1.165, 1.54) is 16.8 Å².